The van der Waals surface area contributed by atoms with Crippen LogP contribution in [0.2, 0.25) is 0 Å². The van der Waals surface area contributed by atoms with Crippen LogP contribution >= 0.6 is 0 Å². The van der Waals surface area contributed by atoms with Gasteiger partial charge in [0.05, 0.1) is 5.92 Å². The minimum atomic E-state index is -0.713. The average molecular weight is 277 g/mol. The van der Waals surface area contributed by atoms with Gasteiger partial charge >= 0.3 is 5.97 Å². The maximum Gasteiger partial charge on any atom is 0.308 e. The molecule has 20 heavy (non-hydrogen) atoms. The van der Waals surface area contributed by atoms with E-state index < -0.39 is 5.97 Å². The number of fused-ring (bicyclic) bond motifs is 2. The van der Waals surface area contributed by atoms with Crippen molar-refractivity contribution < 1.29 is 14.3 Å². The van der Waals surface area contributed by atoms with Gasteiger partial charge in [-0.05, 0) is 44.1 Å². The number of carboxylic acids is 1. The lowest BCUT2D eigenvalue weighted by Crippen LogP contribution is -2.45. The van der Waals surface area contributed by atoms with Gasteiger partial charge in [-0.3, -0.25) is 4.79 Å². The molecule has 4 heteroatoms. The number of hydrogen-bond donors (Lipinski definition) is 2. The minimum absolute atomic E-state index is 0.0270. The van der Waals surface area contributed by atoms with E-state index in [1.807, 2.05) is 13.0 Å². The summed E-state index contributed by atoms with van der Waals surface area (Å²) >= 11 is 0. The normalized spacial score (nSPS) is 33.3. The van der Waals surface area contributed by atoms with Crippen LogP contribution in [0.5, 0.6) is 0 Å². The second kappa shape index (κ2) is 5.17. The summed E-state index contributed by atoms with van der Waals surface area (Å²) in [6.45, 7) is 1.91. The first kappa shape index (κ1) is 13.6. The summed E-state index contributed by atoms with van der Waals surface area (Å²) in [6, 6.07) is 6.50. The van der Waals surface area contributed by atoms with Crippen LogP contribution in [-0.2, 0) is 4.79 Å². The molecule has 108 valence electrons. The van der Waals surface area contributed by atoms with Crippen molar-refractivity contribution in [3.63, 3.8) is 0 Å². The molecule has 0 spiro atoms. The van der Waals surface area contributed by atoms with Gasteiger partial charge in [-0.2, -0.15) is 0 Å². The summed E-state index contributed by atoms with van der Waals surface area (Å²) < 4.78 is 13.8. The summed E-state index contributed by atoms with van der Waals surface area (Å²) in [5.41, 5.74) is 0.611. The number of carbonyl (C=O) groups is 1. The lowest BCUT2D eigenvalue weighted by atomic mass is 9.84. The molecule has 0 amide bonds. The van der Waals surface area contributed by atoms with E-state index in [2.05, 4.69) is 5.32 Å². The molecular weight excluding hydrogens is 257 g/mol. The molecule has 1 aromatic carbocycles. The first-order valence-corrected chi connectivity index (χ1v) is 7.31. The van der Waals surface area contributed by atoms with E-state index >= 15 is 0 Å². The molecule has 0 aromatic heterocycles. The second-order valence-corrected chi connectivity index (χ2v) is 6.13. The standard InChI is InChI=1S/C16H20FNO2/c1-9(12-4-2-3-5-13(12)17)18-15-11-7-6-10(8-11)14(15)16(19)20/h2-5,9-11,14-15,18H,6-8H2,1H3,(H,19,20). The molecule has 2 bridgehead atoms. The number of halogens is 1. The molecule has 2 saturated carbocycles. The van der Waals surface area contributed by atoms with E-state index in [0.29, 0.717) is 17.4 Å². The van der Waals surface area contributed by atoms with Gasteiger partial charge in [-0.25, -0.2) is 4.39 Å². The van der Waals surface area contributed by atoms with Crippen molar-refractivity contribution in [2.24, 2.45) is 17.8 Å². The molecule has 5 atom stereocenters. The molecule has 2 aliphatic carbocycles. The van der Waals surface area contributed by atoms with Gasteiger partial charge in [0.2, 0.25) is 0 Å². The maximum absolute atomic E-state index is 13.8. The van der Waals surface area contributed by atoms with Crippen molar-refractivity contribution in [2.45, 2.75) is 38.3 Å². The third-order valence-electron chi connectivity index (χ3n) is 5.02. The Morgan fingerprint density at radius 1 is 1.35 bits per heavy atom. The lowest BCUT2D eigenvalue weighted by molar-refractivity contribution is -0.144. The quantitative estimate of drug-likeness (QED) is 0.889. The number of carboxylic acid groups (broad SMARTS) is 1. The molecule has 0 heterocycles. The monoisotopic (exact) mass is 277 g/mol. The van der Waals surface area contributed by atoms with E-state index in [9.17, 15) is 14.3 Å². The first-order chi connectivity index (χ1) is 9.58. The summed E-state index contributed by atoms with van der Waals surface area (Å²) in [5.74, 6) is -0.543. The van der Waals surface area contributed by atoms with Crippen LogP contribution in [-0.4, -0.2) is 17.1 Å². The topological polar surface area (TPSA) is 49.3 Å². The summed E-state index contributed by atoms with van der Waals surface area (Å²) in [7, 11) is 0. The molecule has 2 fully saturated rings. The molecule has 5 unspecified atom stereocenters. The SMILES string of the molecule is CC(NC1C2CCC(C2)C1C(=O)O)c1ccccc1F. The van der Waals surface area contributed by atoms with E-state index in [0.717, 1.165) is 19.3 Å². The summed E-state index contributed by atoms with van der Waals surface area (Å²) in [6.07, 6.45) is 3.11. The highest BCUT2D eigenvalue weighted by Crippen LogP contribution is 2.49. The fraction of sp³-hybridized carbons (Fsp3) is 0.562. The smallest absolute Gasteiger partial charge is 0.308 e. The zero-order chi connectivity index (χ0) is 14.3. The Bertz CT molecular complexity index is 519. The number of benzene rings is 1. The number of hydrogen-bond acceptors (Lipinski definition) is 2. The molecular formula is C16H20FNO2. The number of rotatable bonds is 4. The highest BCUT2D eigenvalue weighted by atomic mass is 19.1. The first-order valence-electron chi connectivity index (χ1n) is 7.31. The third kappa shape index (κ3) is 2.22. The van der Waals surface area contributed by atoms with Crippen molar-refractivity contribution in [1.82, 2.24) is 5.32 Å². The van der Waals surface area contributed by atoms with Crippen LogP contribution < -0.4 is 5.32 Å². The van der Waals surface area contributed by atoms with Crippen molar-refractivity contribution in [3.8, 4) is 0 Å². The van der Waals surface area contributed by atoms with Gasteiger partial charge in [0.25, 0.3) is 0 Å². The second-order valence-electron chi connectivity index (χ2n) is 6.13. The van der Waals surface area contributed by atoms with Gasteiger partial charge < -0.3 is 10.4 Å². The molecule has 2 aliphatic rings. The summed E-state index contributed by atoms with van der Waals surface area (Å²) in [5, 5.41) is 12.8. The van der Waals surface area contributed by atoms with Crippen molar-refractivity contribution in [3.05, 3.63) is 35.6 Å². The van der Waals surface area contributed by atoms with Crippen LogP contribution in [0.1, 0.15) is 37.8 Å². The number of nitrogens with one attached hydrogen (secondary N) is 1. The molecule has 0 saturated heterocycles. The molecule has 0 aliphatic heterocycles. The molecule has 0 radical (unpaired) electrons. The molecule has 3 nitrogen and oxygen atoms in total. The fourth-order valence-corrected chi connectivity index (χ4v) is 4.09. The van der Waals surface area contributed by atoms with E-state index in [1.54, 1.807) is 12.1 Å². The van der Waals surface area contributed by atoms with Gasteiger partial charge in [0.15, 0.2) is 0 Å². The highest BCUT2D eigenvalue weighted by molar-refractivity contribution is 5.72. The lowest BCUT2D eigenvalue weighted by Gasteiger charge is -2.31. The zero-order valence-corrected chi connectivity index (χ0v) is 11.6. The van der Waals surface area contributed by atoms with Gasteiger partial charge in [-0.15, -0.1) is 0 Å². The van der Waals surface area contributed by atoms with Crippen LogP contribution in [0.15, 0.2) is 24.3 Å². The number of aliphatic carboxylic acids is 1. The van der Waals surface area contributed by atoms with Crippen LogP contribution in [0.3, 0.4) is 0 Å². The van der Waals surface area contributed by atoms with Crippen molar-refractivity contribution >= 4 is 5.97 Å². The Labute approximate surface area is 118 Å². The van der Waals surface area contributed by atoms with Gasteiger partial charge in [-0.1, -0.05) is 18.2 Å². The molecule has 2 N–H and O–H groups in total. The van der Waals surface area contributed by atoms with E-state index in [4.69, 9.17) is 0 Å². The average Bonchev–Trinajstić information content (AvgIpc) is 2.99. The van der Waals surface area contributed by atoms with Gasteiger partial charge in [0, 0.05) is 17.6 Å². The van der Waals surface area contributed by atoms with E-state index in [-0.39, 0.29) is 23.8 Å². The predicted molar refractivity (Wildman–Crippen MR) is 73.7 cm³/mol. The van der Waals surface area contributed by atoms with E-state index in [1.165, 1.54) is 6.07 Å². The zero-order valence-electron chi connectivity index (χ0n) is 11.6. The minimum Gasteiger partial charge on any atom is -0.481 e. The van der Waals surface area contributed by atoms with Crippen molar-refractivity contribution in [2.75, 3.05) is 0 Å². The molecule has 3 rings (SSSR count). The highest BCUT2D eigenvalue weighted by Gasteiger charge is 2.51. The van der Waals surface area contributed by atoms with Crippen LogP contribution in [0, 0.1) is 23.6 Å². The Hall–Kier alpha value is -1.42. The van der Waals surface area contributed by atoms with Crippen LogP contribution in [0.4, 0.5) is 4.39 Å². The Balaban J connectivity index is 1.77. The molecule has 1 aromatic rings. The van der Waals surface area contributed by atoms with Crippen LogP contribution in [0.25, 0.3) is 0 Å². The largest absolute Gasteiger partial charge is 0.481 e. The third-order valence-corrected chi connectivity index (χ3v) is 5.02. The Morgan fingerprint density at radius 3 is 2.75 bits per heavy atom. The maximum atomic E-state index is 13.8. The Kier molecular flexibility index (Phi) is 3.50. The predicted octanol–water partition coefficient (Wildman–Crippen LogP) is 2.98. The van der Waals surface area contributed by atoms with Gasteiger partial charge in [0.1, 0.15) is 5.82 Å². The summed E-state index contributed by atoms with van der Waals surface area (Å²) in [4.78, 5) is 11.5. The Morgan fingerprint density at radius 2 is 2.05 bits per heavy atom. The van der Waals surface area contributed by atoms with Crippen molar-refractivity contribution in [1.29, 1.82) is 0 Å². The fourth-order valence-electron chi connectivity index (χ4n) is 4.09.